The molecule has 0 unspecified atom stereocenters. The number of piperidine rings is 1. The Morgan fingerprint density at radius 1 is 1.15 bits per heavy atom. The molecule has 1 aromatic heterocycles. The van der Waals surface area contributed by atoms with Gasteiger partial charge in [0.25, 0.3) is 0 Å². The molecule has 7 nitrogen and oxygen atoms in total. The van der Waals surface area contributed by atoms with Gasteiger partial charge in [0.05, 0.1) is 0 Å². The van der Waals surface area contributed by atoms with Gasteiger partial charge in [0.15, 0.2) is 0 Å². The molecule has 2 aliphatic rings. The number of nitrogens with one attached hydrogen (secondary N) is 2. The second-order valence-corrected chi connectivity index (χ2v) is 11.2. The maximum absolute atomic E-state index is 14.0. The maximum Gasteiger partial charge on any atom is 0.248 e. The highest BCUT2D eigenvalue weighted by molar-refractivity contribution is 5.97. The predicted molar refractivity (Wildman–Crippen MR) is 155 cm³/mol. The number of benzene rings is 2. The van der Waals surface area contributed by atoms with E-state index in [1.807, 2.05) is 37.4 Å². The van der Waals surface area contributed by atoms with Crippen LogP contribution in [-0.2, 0) is 20.7 Å². The Kier molecular flexibility index (Phi) is 8.66. The van der Waals surface area contributed by atoms with E-state index in [2.05, 4.69) is 15.2 Å². The molecule has 0 radical (unpaired) electrons. The molecule has 0 aliphatic carbocycles. The highest BCUT2D eigenvalue weighted by atomic mass is 19.1. The van der Waals surface area contributed by atoms with E-state index in [0.29, 0.717) is 31.8 Å². The number of aryl methyl sites for hydroxylation is 1. The summed E-state index contributed by atoms with van der Waals surface area (Å²) in [4.78, 5) is 34.5. The average molecular weight is 547 g/mol. The molecule has 0 spiro atoms. The number of amides is 2. The lowest BCUT2D eigenvalue weighted by molar-refractivity contribution is -0.142. The van der Waals surface area contributed by atoms with E-state index in [1.165, 1.54) is 18.2 Å². The molecule has 212 valence electrons. The SMILES string of the molecule is Cc1ccc(/C=C/C(=O)NC2(C(=O)N(C)CCc3c[nH]c4ccc(F)cc34)CCN(C3CCOCC3)CC2)cc1. The lowest BCUT2D eigenvalue weighted by Gasteiger charge is -2.45. The monoisotopic (exact) mass is 546 g/mol. The standard InChI is InChI=1S/C32H39FN4O3/c1-23-3-5-24(6-4-23)7-10-30(38)35-32(14-17-37(18-15-32)27-12-19-40-20-13-27)31(39)36(2)16-11-25-22-34-29-9-8-26(33)21-28(25)29/h3-10,21-22,27,34H,11-20H2,1-2H3,(H,35,38)/b10-7+. The number of nitrogens with zero attached hydrogens (tertiary/aromatic N) is 2. The van der Waals surface area contributed by atoms with Gasteiger partial charge < -0.3 is 24.8 Å². The zero-order valence-electron chi connectivity index (χ0n) is 23.4. The number of H-pyrrole nitrogens is 1. The summed E-state index contributed by atoms with van der Waals surface area (Å²) in [5.74, 6) is -0.634. The van der Waals surface area contributed by atoms with Crippen molar-refractivity contribution in [2.24, 2.45) is 0 Å². The van der Waals surface area contributed by atoms with E-state index in [4.69, 9.17) is 4.74 Å². The van der Waals surface area contributed by atoms with E-state index < -0.39 is 5.54 Å². The molecule has 5 rings (SSSR count). The van der Waals surface area contributed by atoms with Gasteiger partial charge in [-0.05, 0) is 74.4 Å². The van der Waals surface area contributed by atoms with Crippen molar-refractivity contribution in [3.05, 3.63) is 77.2 Å². The summed E-state index contributed by atoms with van der Waals surface area (Å²) in [7, 11) is 1.79. The van der Waals surface area contributed by atoms with Crippen LogP contribution in [0.25, 0.3) is 17.0 Å². The second kappa shape index (κ2) is 12.4. The third kappa shape index (κ3) is 6.45. The van der Waals surface area contributed by atoms with Gasteiger partial charge in [0.1, 0.15) is 11.4 Å². The number of likely N-dealkylation sites (tertiary alicyclic amines) is 1. The van der Waals surface area contributed by atoms with Gasteiger partial charge >= 0.3 is 0 Å². The number of hydrogen-bond acceptors (Lipinski definition) is 4. The number of aromatic nitrogens is 1. The number of hydrogen-bond donors (Lipinski definition) is 2. The number of carbonyl (C=O) groups is 2. The molecule has 2 amide bonds. The van der Waals surface area contributed by atoms with Crippen molar-refractivity contribution >= 4 is 28.8 Å². The highest BCUT2D eigenvalue weighted by Crippen LogP contribution is 2.29. The first-order valence-corrected chi connectivity index (χ1v) is 14.2. The third-order valence-electron chi connectivity index (χ3n) is 8.43. The minimum Gasteiger partial charge on any atom is -0.381 e. The molecule has 2 aliphatic heterocycles. The normalized spacial score (nSPS) is 18.3. The average Bonchev–Trinajstić information content (AvgIpc) is 3.38. The van der Waals surface area contributed by atoms with Gasteiger partial charge in [-0.2, -0.15) is 0 Å². The van der Waals surface area contributed by atoms with E-state index in [1.54, 1.807) is 24.1 Å². The van der Waals surface area contributed by atoms with Crippen molar-refractivity contribution in [2.45, 2.75) is 50.6 Å². The molecular weight excluding hydrogens is 507 g/mol. The number of carbonyl (C=O) groups excluding carboxylic acids is 2. The fourth-order valence-electron chi connectivity index (χ4n) is 5.95. The minimum atomic E-state index is -0.975. The third-order valence-corrected chi connectivity index (χ3v) is 8.43. The summed E-state index contributed by atoms with van der Waals surface area (Å²) < 4.78 is 19.4. The number of aromatic amines is 1. The fourth-order valence-corrected chi connectivity index (χ4v) is 5.95. The molecule has 2 aromatic carbocycles. The van der Waals surface area contributed by atoms with Crippen molar-refractivity contribution in [3.63, 3.8) is 0 Å². The Morgan fingerprint density at radius 3 is 2.60 bits per heavy atom. The molecule has 2 saturated heterocycles. The Balaban J connectivity index is 1.29. The van der Waals surface area contributed by atoms with Gasteiger partial charge in [-0.25, -0.2) is 4.39 Å². The molecule has 3 aromatic rings. The van der Waals surface area contributed by atoms with Crippen LogP contribution >= 0.6 is 0 Å². The lowest BCUT2D eigenvalue weighted by Crippen LogP contribution is -2.64. The Morgan fingerprint density at radius 2 is 1.88 bits per heavy atom. The van der Waals surface area contributed by atoms with E-state index in [9.17, 15) is 14.0 Å². The van der Waals surface area contributed by atoms with E-state index in [0.717, 1.165) is 66.7 Å². The van der Waals surface area contributed by atoms with Crippen molar-refractivity contribution in [3.8, 4) is 0 Å². The molecule has 40 heavy (non-hydrogen) atoms. The van der Waals surface area contributed by atoms with Crippen LogP contribution in [0, 0.1) is 12.7 Å². The Hall–Kier alpha value is -3.49. The van der Waals surface area contributed by atoms with Crippen molar-refractivity contribution in [1.82, 2.24) is 20.1 Å². The van der Waals surface area contributed by atoms with Crippen LogP contribution in [0.2, 0.25) is 0 Å². The molecule has 3 heterocycles. The van der Waals surface area contributed by atoms with Crippen LogP contribution in [0.4, 0.5) is 4.39 Å². The zero-order valence-corrected chi connectivity index (χ0v) is 23.4. The quantitative estimate of drug-likeness (QED) is 0.409. The van der Waals surface area contributed by atoms with Crippen LogP contribution in [0.5, 0.6) is 0 Å². The smallest absolute Gasteiger partial charge is 0.248 e. The highest BCUT2D eigenvalue weighted by Gasteiger charge is 2.45. The first-order valence-electron chi connectivity index (χ1n) is 14.2. The molecule has 0 bridgehead atoms. The maximum atomic E-state index is 14.0. The van der Waals surface area contributed by atoms with Gasteiger partial charge in [0, 0.05) is 69.1 Å². The van der Waals surface area contributed by atoms with Crippen LogP contribution in [-0.4, -0.2) is 78.1 Å². The second-order valence-electron chi connectivity index (χ2n) is 11.2. The molecule has 0 saturated carbocycles. The van der Waals surface area contributed by atoms with Crippen LogP contribution in [0.3, 0.4) is 0 Å². The molecular formula is C32H39FN4O3. The summed E-state index contributed by atoms with van der Waals surface area (Å²) >= 11 is 0. The summed E-state index contributed by atoms with van der Waals surface area (Å²) in [6.07, 6.45) is 8.86. The summed E-state index contributed by atoms with van der Waals surface area (Å²) in [6, 6.07) is 13.1. The van der Waals surface area contributed by atoms with Gasteiger partial charge in [-0.15, -0.1) is 0 Å². The zero-order chi connectivity index (χ0) is 28.1. The number of halogens is 1. The van der Waals surface area contributed by atoms with Crippen LogP contribution in [0.1, 0.15) is 42.4 Å². The first-order chi connectivity index (χ1) is 19.3. The van der Waals surface area contributed by atoms with Gasteiger partial charge in [-0.1, -0.05) is 29.8 Å². The van der Waals surface area contributed by atoms with Crippen molar-refractivity contribution < 1.29 is 18.7 Å². The minimum absolute atomic E-state index is 0.0813. The van der Waals surface area contributed by atoms with E-state index in [-0.39, 0.29) is 17.6 Å². The van der Waals surface area contributed by atoms with Crippen LogP contribution < -0.4 is 5.32 Å². The predicted octanol–water partition coefficient (Wildman–Crippen LogP) is 4.46. The number of rotatable bonds is 8. The summed E-state index contributed by atoms with van der Waals surface area (Å²) in [6.45, 7) is 5.51. The van der Waals surface area contributed by atoms with E-state index >= 15 is 0 Å². The lowest BCUT2D eigenvalue weighted by atomic mass is 9.84. The van der Waals surface area contributed by atoms with Crippen molar-refractivity contribution in [1.29, 1.82) is 0 Å². The molecule has 2 N–H and O–H groups in total. The summed E-state index contributed by atoms with van der Waals surface area (Å²) in [5.41, 5.74) is 2.95. The van der Waals surface area contributed by atoms with Gasteiger partial charge in [0.2, 0.25) is 11.8 Å². The topological polar surface area (TPSA) is 77.7 Å². The first kappa shape index (κ1) is 28.1. The molecule has 2 fully saturated rings. The number of ether oxygens (including phenoxy) is 1. The largest absolute Gasteiger partial charge is 0.381 e. The Labute approximate surface area is 235 Å². The van der Waals surface area contributed by atoms with Crippen LogP contribution in [0.15, 0.2) is 54.7 Å². The van der Waals surface area contributed by atoms with Crippen molar-refractivity contribution in [2.75, 3.05) is 39.9 Å². The Bertz CT molecular complexity index is 1350. The number of likely N-dealkylation sites (N-methyl/N-ethyl adjacent to an activating group) is 1. The molecule has 8 heteroatoms. The number of fused-ring (bicyclic) bond motifs is 1. The fraction of sp³-hybridized carbons (Fsp3) is 0.438. The molecule has 0 atom stereocenters. The summed E-state index contributed by atoms with van der Waals surface area (Å²) in [5, 5.41) is 3.95. The van der Waals surface area contributed by atoms with Gasteiger partial charge in [-0.3, -0.25) is 9.59 Å².